The molecule has 2 N–H and O–H groups in total. The van der Waals surface area contributed by atoms with Crippen LogP contribution in [0.2, 0.25) is 10.0 Å². The third-order valence-electron chi connectivity index (χ3n) is 7.57. The van der Waals surface area contributed by atoms with Crippen LogP contribution in [0, 0.1) is 5.82 Å². The minimum absolute atomic E-state index is 0.0487. The van der Waals surface area contributed by atoms with Crippen LogP contribution >= 0.6 is 23.2 Å². The molecular weight excluding hydrogens is 704 g/mol. The Hall–Kier alpha value is -5.10. The maximum atomic E-state index is 14.0. The fourth-order valence-electron chi connectivity index (χ4n) is 4.98. The van der Waals surface area contributed by atoms with Gasteiger partial charge >= 0.3 is 0 Å². The first-order valence-electron chi connectivity index (χ1n) is 15.2. The zero-order chi connectivity index (χ0) is 35.7. The number of ether oxygens (including phenoxy) is 2. The number of nitrogens with one attached hydrogen (secondary N) is 2. The normalized spacial score (nSPS) is 11.7. The van der Waals surface area contributed by atoms with Crippen LogP contribution in [0.3, 0.4) is 0 Å². The Balaban J connectivity index is 1.37. The van der Waals surface area contributed by atoms with Gasteiger partial charge in [-0.1, -0.05) is 71.7 Å². The molecule has 0 bridgehead atoms. The summed E-state index contributed by atoms with van der Waals surface area (Å²) in [7, 11) is -2.43. The Morgan fingerprint density at radius 1 is 0.840 bits per heavy atom. The SMILES string of the molecule is COc1ccc(CN(C(=O)COc2ccc(S(=O)(=O)Nc3ccc(F)cc3)cc2)[C@H](C(=O)NCc2ccc(Cl)cc2Cl)c2ccccc2)cc1. The first kappa shape index (κ1) is 36.2. The number of hydrogen-bond acceptors (Lipinski definition) is 6. The van der Waals surface area contributed by atoms with E-state index in [9.17, 15) is 22.4 Å². The van der Waals surface area contributed by atoms with Gasteiger partial charge in [0, 0.05) is 28.8 Å². The van der Waals surface area contributed by atoms with E-state index in [2.05, 4.69) is 10.0 Å². The molecule has 5 aromatic carbocycles. The van der Waals surface area contributed by atoms with Crippen LogP contribution in [0.5, 0.6) is 11.5 Å². The second-order valence-corrected chi connectivity index (χ2v) is 13.5. The van der Waals surface area contributed by atoms with E-state index < -0.39 is 40.3 Å². The highest BCUT2D eigenvalue weighted by Gasteiger charge is 2.32. The molecule has 5 rings (SSSR count). The molecule has 0 heterocycles. The van der Waals surface area contributed by atoms with Gasteiger partial charge < -0.3 is 19.7 Å². The van der Waals surface area contributed by atoms with Gasteiger partial charge in [0.2, 0.25) is 5.91 Å². The zero-order valence-corrected chi connectivity index (χ0v) is 29.0. The van der Waals surface area contributed by atoms with Crippen molar-refractivity contribution in [3.63, 3.8) is 0 Å². The van der Waals surface area contributed by atoms with Crippen LogP contribution < -0.4 is 19.5 Å². The van der Waals surface area contributed by atoms with Gasteiger partial charge in [-0.15, -0.1) is 0 Å². The van der Waals surface area contributed by atoms with Crippen molar-refractivity contribution in [2.45, 2.75) is 24.0 Å². The summed E-state index contributed by atoms with van der Waals surface area (Å²) >= 11 is 12.4. The third-order valence-corrected chi connectivity index (χ3v) is 9.55. The number of benzene rings is 5. The topological polar surface area (TPSA) is 114 Å². The Bertz CT molecular complexity index is 2030. The van der Waals surface area contributed by atoms with Crippen molar-refractivity contribution >= 4 is 50.7 Å². The van der Waals surface area contributed by atoms with Gasteiger partial charge in [-0.05, 0) is 89.5 Å². The number of amides is 2. The summed E-state index contributed by atoms with van der Waals surface area (Å²) in [6.45, 7) is -0.326. The number of carbonyl (C=O) groups excluding carboxylic acids is 2. The highest BCUT2D eigenvalue weighted by molar-refractivity contribution is 7.92. The number of methoxy groups -OCH3 is 1. The van der Waals surface area contributed by atoms with Crippen molar-refractivity contribution in [3.05, 3.63) is 154 Å². The molecule has 0 saturated carbocycles. The van der Waals surface area contributed by atoms with Crippen molar-refractivity contribution in [2.24, 2.45) is 0 Å². The third kappa shape index (κ3) is 9.53. The molecule has 9 nitrogen and oxygen atoms in total. The first-order chi connectivity index (χ1) is 24.0. The molecule has 258 valence electrons. The summed E-state index contributed by atoms with van der Waals surface area (Å²) in [6.07, 6.45) is 0. The Labute approximate surface area is 299 Å². The number of sulfonamides is 1. The molecule has 0 aliphatic rings. The van der Waals surface area contributed by atoms with Gasteiger partial charge in [0.05, 0.1) is 12.0 Å². The van der Waals surface area contributed by atoms with Gasteiger partial charge in [-0.2, -0.15) is 0 Å². The van der Waals surface area contributed by atoms with Crippen molar-refractivity contribution in [2.75, 3.05) is 18.4 Å². The summed E-state index contributed by atoms with van der Waals surface area (Å²) in [5.74, 6) is -0.603. The predicted molar refractivity (Wildman–Crippen MR) is 190 cm³/mol. The molecule has 0 aliphatic heterocycles. The Kier molecular flexibility index (Phi) is 12.0. The minimum Gasteiger partial charge on any atom is -0.497 e. The molecule has 0 fully saturated rings. The second-order valence-electron chi connectivity index (χ2n) is 11.0. The smallest absolute Gasteiger partial charge is 0.261 e. The molecule has 5 aromatic rings. The minimum atomic E-state index is -3.98. The van der Waals surface area contributed by atoms with Crippen LogP contribution in [0.4, 0.5) is 10.1 Å². The quantitative estimate of drug-likeness (QED) is 0.123. The summed E-state index contributed by atoms with van der Waals surface area (Å²) in [4.78, 5) is 29.3. The largest absolute Gasteiger partial charge is 0.497 e. The molecule has 0 aliphatic carbocycles. The maximum Gasteiger partial charge on any atom is 0.261 e. The second kappa shape index (κ2) is 16.5. The Morgan fingerprint density at radius 3 is 2.14 bits per heavy atom. The summed E-state index contributed by atoms with van der Waals surface area (Å²) in [5.41, 5.74) is 2.14. The number of anilines is 1. The predicted octanol–water partition coefficient (Wildman–Crippen LogP) is 7.41. The van der Waals surface area contributed by atoms with E-state index in [4.69, 9.17) is 32.7 Å². The average Bonchev–Trinajstić information content (AvgIpc) is 3.11. The lowest BCUT2D eigenvalue weighted by atomic mass is 10.0. The maximum absolute atomic E-state index is 14.0. The van der Waals surface area contributed by atoms with E-state index in [0.717, 1.165) is 17.7 Å². The fourth-order valence-corrected chi connectivity index (χ4v) is 6.51. The lowest BCUT2D eigenvalue weighted by molar-refractivity contribution is -0.143. The van der Waals surface area contributed by atoms with Gasteiger partial charge in [0.1, 0.15) is 23.4 Å². The fraction of sp³-hybridized carbons (Fsp3) is 0.135. The van der Waals surface area contributed by atoms with Crippen LogP contribution in [-0.2, 0) is 32.7 Å². The van der Waals surface area contributed by atoms with Crippen LogP contribution in [-0.4, -0.2) is 38.8 Å². The molecule has 0 aromatic heterocycles. The lowest BCUT2D eigenvalue weighted by Gasteiger charge is -2.31. The monoisotopic (exact) mass is 735 g/mol. The molecular formula is C37H32Cl2FN3O6S. The number of rotatable bonds is 14. The van der Waals surface area contributed by atoms with Gasteiger partial charge in [0.15, 0.2) is 6.61 Å². The number of carbonyl (C=O) groups is 2. The molecule has 1 atom stereocenters. The molecule has 13 heteroatoms. The van der Waals surface area contributed by atoms with E-state index in [1.165, 1.54) is 41.3 Å². The van der Waals surface area contributed by atoms with E-state index in [1.807, 2.05) is 6.07 Å². The molecule has 50 heavy (non-hydrogen) atoms. The number of hydrogen-bond donors (Lipinski definition) is 2. The van der Waals surface area contributed by atoms with Crippen LogP contribution in [0.1, 0.15) is 22.7 Å². The lowest BCUT2D eigenvalue weighted by Crippen LogP contribution is -2.45. The zero-order valence-electron chi connectivity index (χ0n) is 26.7. The first-order valence-corrected chi connectivity index (χ1v) is 17.5. The van der Waals surface area contributed by atoms with Crippen molar-refractivity contribution in [3.8, 4) is 11.5 Å². The van der Waals surface area contributed by atoms with Crippen molar-refractivity contribution in [1.29, 1.82) is 0 Å². The van der Waals surface area contributed by atoms with E-state index in [1.54, 1.807) is 73.8 Å². The standard InChI is InChI=1S/C37H32Cl2FN3O6S/c1-48-31-15-7-25(8-16-31)23-43(36(26-5-3-2-4-6-26)37(45)41-22-27-9-10-28(38)21-34(27)39)35(44)24-49-32-17-19-33(20-18-32)50(46,47)42-30-13-11-29(40)12-14-30/h2-21,36,42H,22-24H2,1H3,(H,41,45)/t36-/m0/s1. The van der Waals surface area contributed by atoms with Crippen LogP contribution in [0.15, 0.2) is 126 Å². The highest BCUT2D eigenvalue weighted by Crippen LogP contribution is 2.27. The number of nitrogens with zero attached hydrogens (tertiary/aromatic N) is 1. The van der Waals surface area contributed by atoms with Crippen molar-refractivity contribution < 1.29 is 31.9 Å². The molecule has 0 radical (unpaired) electrons. The molecule has 0 spiro atoms. The number of halogens is 3. The Morgan fingerprint density at radius 2 is 1.50 bits per heavy atom. The molecule has 0 saturated heterocycles. The molecule has 0 unspecified atom stereocenters. The van der Waals surface area contributed by atoms with Crippen molar-refractivity contribution in [1.82, 2.24) is 10.2 Å². The van der Waals surface area contributed by atoms with E-state index >= 15 is 0 Å². The molecule has 2 amide bonds. The van der Waals surface area contributed by atoms with Gasteiger partial charge in [-0.3, -0.25) is 14.3 Å². The summed E-state index contributed by atoms with van der Waals surface area (Å²) in [6, 6.07) is 30.3. The summed E-state index contributed by atoms with van der Waals surface area (Å²) in [5, 5.41) is 3.76. The van der Waals surface area contributed by atoms with Crippen LogP contribution in [0.25, 0.3) is 0 Å². The van der Waals surface area contributed by atoms with Gasteiger partial charge in [-0.25, -0.2) is 12.8 Å². The highest BCUT2D eigenvalue weighted by atomic mass is 35.5. The van der Waals surface area contributed by atoms with E-state index in [-0.39, 0.29) is 29.4 Å². The van der Waals surface area contributed by atoms with Gasteiger partial charge in [0.25, 0.3) is 15.9 Å². The van der Waals surface area contributed by atoms with E-state index in [0.29, 0.717) is 26.9 Å². The summed E-state index contributed by atoms with van der Waals surface area (Å²) < 4.78 is 52.4. The average molecular weight is 737 g/mol.